The van der Waals surface area contributed by atoms with E-state index in [2.05, 4.69) is 5.32 Å². The summed E-state index contributed by atoms with van der Waals surface area (Å²) in [5.41, 5.74) is 1.46. The fourth-order valence-electron chi connectivity index (χ4n) is 1.88. The summed E-state index contributed by atoms with van der Waals surface area (Å²) in [6.45, 7) is 0. The molecular weight excluding hydrogens is 276 g/mol. The van der Waals surface area contributed by atoms with Gasteiger partial charge in [-0.3, -0.25) is 10.1 Å². The van der Waals surface area contributed by atoms with Crippen LogP contribution in [0.1, 0.15) is 5.56 Å². The number of para-hydroxylation sites is 1. The van der Waals surface area contributed by atoms with Crippen LogP contribution < -0.4 is 5.32 Å². The van der Waals surface area contributed by atoms with Crippen LogP contribution in [0.2, 0.25) is 0 Å². The van der Waals surface area contributed by atoms with E-state index >= 15 is 0 Å². The third-order valence-corrected chi connectivity index (χ3v) is 3.83. The highest BCUT2D eigenvalue weighted by Gasteiger charge is 2.15. The first kappa shape index (κ1) is 14.2. The van der Waals surface area contributed by atoms with E-state index in [0.717, 1.165) is 10.5 Å². The molecule has 0 unspecified atom stereocenters. The maximum absolute atomic E-state index is 11.0. The molecule has 0 bridgehead atoms. The number of aromatic hydroxyl groups is 1. The Balaban J connectivity index is 2.21. The number of nitro benzene ring substituents is 1. The number of benzene rings is 2. The molecule has 0 radical (unpaired) electrons. The van der Waals surface area contributed by atoms with E-state index in [1.807, 2.05) is 12.1 Å². The Bertz CT molecular complexity index is 632. The van der Waals surface area contributed by atoms with Crippen molar-refractivity contribution in [3.05, 3.63) is 58.1 Å². The third kappa shape index (κ3) is 3.21. The van der Waals surface area contributed by atoms with Crippen molar-refractivity contribution in [1.82, 2.24) is 0 Å². The van der Waals surface area contributed by atoms with Gasteiger partial charge >= 0.3 is 0 Å². The Morgan fingerprint density at radius 1 is 1.30 bits per heavy atom. The number of hydrogen-bond donors (Lipinski definition) is 2. The van der Waals surface area contributed by atoms with E-state index < -0.39 is 4.92 Å². The van der Waals surface area contributed by atoms with Gasteiger partial charge in [0.25, 0.3) is 5.69 Å². The standard InChI is InChI=1S/C14H14N2O3S/c1-15-14-10(4-2-7-13(14)16(18)19)9-20-12-6-3-5-11(17)8-12/h2-8,15,17H,9H2,1H3. The van der Waals surface area contributed by atoms with Crippen molar-refractivity contribution in [2.45, 2.75) is 10.6 Å². The molecule has 0 aliphatic rings. The van der Waals surface area contributed by atoms with Gasteiger partial charge in [-0.05, 0) is 23.8 Å². The number of nitrogens with one attached hydrogen (secondary N) is 1. The Kier molecular flexibility index (Phi) is 4.47. The van der Waals surface area contributed by atoms with Crippen molar-refractivity contribution >= 4 is 23.1 Å². The van der Waals surface area contributed by atoms with Crippen molar-refractivity contribution in [1.29, 1.82) is 0 Å². The number of nitrogens with zero attached hydrogens (tertiary/aromatic N) is 1. The molecule has 0 fully saturated rings. The lowest BCUT2D eigenvalue weighted by molar-refractivity contribution is -0.384. The summed E-state index contributed by atoms with van der Waals surface area (Å²) in [6.07, 6.45) is 0. The minimum Gasteiger partial charge on any atom is -0.508 e. The number of thioether (sulfide) groups is 1. The molecule has 6 heteroatoms. The molecule has 0 saturated carbocycles. The average molecular weight is 290 g/mol. The molecule has 2 aromatic rings. The number of anilines is 1. The molecule has 0 amide bonds. The van der Waals surface area contributed by atoms with Gasteiger partial charge in [-0.25, -0.2) is 0 Å². The molecule has 2 rings (SSSR count). The second kappa shape index (κ2) is 6.29. The first-order valence-corrected chi connectivity index (χ1v) is 6.96. The molecule has 0 spiro atoms. The van der Waals surface area contributed by atoms with Crippen LogP contribution in [0.25, 0.3) is 0 Å². The van der Waals surface area contributed by atoms with Gasteiger partial charge < -0.3 is 10.4 Å². The third-order valence-electron chi connectivity index (χ3n) is 2.79. The van der Waals surface area contributed by atoms with Crippen LogP contribution in [-0.2, 0) is 5.75 Å². The van der Waals surface area contributed by atoms with E-state index in [9.17, 15) is 15.2 Å². The number of nitro groups is 1. The molecule has 0 aliphatic carbocycles. The van der Waals surface area contributed by atoms with Gasteiger partial charge in [0.2, 0.25) is 0 Å². The van der Waals surface area contributed by atoms with Gasteiger partial charge in [0.15, 0.2) is 0 Å². The molecule has 0 atom stereocenters. The molecule has 104 valence electrons. The van der Waals surface area contributed by atoms with Crippen molar-refractivity contribution < 1.29 is 10.0 Å². The van der Waals surface area contributed by atoms with Crippen LogP contribution in [0.15, 0.2) is 47.4 Å². The van der Waals surface area contributed by atoms with Crippen molar-refractivity contribution in [2.24, 2.45) is 0 Å². The lowest BCUT2D eigenvalue weighted by Crippen LogP contribution is -2.00. The van der Waals surface area contributed by atoms with E-state index in [0.29, 0.717) is 11.4 Å². The van der Waals surface area contributed by atoms with Gasteiger partial charge in [0.05, 0.1) is 4.92 Å². The topological polar surface area (TPSA) is 75.4 Å². The van der Waals surface area contributed by atoms with Crippen LogP contribution in [0.3, 0.4) is 0 Å². The molecule has 5 nitrogen and oxygen atoms in total. The lowest BCUT2D eigenvalue weighted by Gasteiger charge is -2.09. The molecule has 2 N–H and O–H groups in total. The highest BCUT2D eigenvalue weighted by molar-refractivity contribution is 7.98. The van der Waals surface area contributed by atoms with Crippen molar-refractivity contribution in [2.75, 3.05) is 12.4 Å². The summed E-state index contributed by atoms with van der Waals surface area (Å²) in [6, 6.07) is 11.9. The molecule has 20 heavy (non-hydrogen) atoms. The second-order valence-corrected chi connectivity index (χ2v) is 5.15. The van der Waals surface area contributed by atoms with Crippen molar-refractivity contribution in [3.63, 3.8) is 0 Å². The molecule has 0 aliphatic heterocycles. The van der Waals surface area contributed by atoms with Gasteiger partial charge in [-0.1, -0.05) is 18.2 Å². The number of hydrogen-bond acceptors (Lipinski definition) is 5. The van der Waals surface area contributed by atoms with Crippen LogP contribution in [0, 0.1) is 10.1 Å². The normalized spacial score (nSPS) is 10.2. The van der Waals surface area contributed by atoms with Crippen LogP contribution in [-0.4, -0.2) is 17.1 Å². The molecule has 2 aromatic carbocycles. The summed E-state index contributed by atoms with van der Waals surface area (Å²) in [5, 5.41) is 23.3. The molecule has 0 aromatic heterocycles. The Morgan fingerprint density at radius 2 is 2.05 bits per heavy atom. The zero-order valence-corrected chi connectivity index (χ0v) is 11.7. The largest absolute Gasteiger partial charge is 0.508 e. The predicted octanol–water partition coefficient (Wildman–Crippen LogP) is 3.63. The van der Waals surface area contributed by atoms with Gasteiger partial charge in [-0.15, -0.1) is 11.8 Å². The fraction of sp³-hybridized carbons (Fsp3) is 0.143. The van der Waals surface area contributed by atoms with Gasteiger partial charge in [0.1, 0.15) is 11.4 Å². The maximum atomic E-state index is 11.0. The molecular formula is C14H14N2O3S. The summed E-state index contributed by atoms with van der Waals surface area (Å²) in [7, 11) is 1.67. The average Bonchev–Trinajstić information content (AvgIpc) is 2.44. The number of phenols is 1. The quantitative estimate of drug-likeness (QED) is 0.499. The highest BCUT2D eigenvalue weighted by Crippen LogP contribution is 2.33. The first-order chi connectivity index (χ1) is 9.61. The van der Waals surface area contributed by atoms with Crippen molar-refractivity contribution in [3.8, 4) is 5.75 Å². The first-order valence-electron chi connectivity index (χ1n) is 5.97. The second-order valence-electron chi connectivity index (χ2n) is 4.10. The van der Waals surface area contributed by atoms with E-state index in [4.69, 9.17) is 0 Å². The smallest absolute Gasteiger partial charge is 0.292 e. The minimum atomic E-state index is -0.394. The van der Waals surface area contributed by atoms with E-state index in [1.165, 1.54) is 17.8 Å². The Labute approximate surface area is 120 Å². The van der Waals surface area contributed by atoms with E-state index in [1.54, 1.807) is 31.3 Å². The summed E-state index contributed by atoms with van der Waals surface area (Å²) in [4.78, 5) is 11.5. The summed E-state index contributed by atoms with van der Waals surface area (Å²) < 4.78 is 0. The Hall–Kier alpha value is -2.21. The van der Waals surface area contributed by atoms with Gasteiger partial charge in [0, 0.05) is 23.8 Å². The Morgan fingerprint density at radius 3 is 2.70 bits per heavy atom. The zero-order chi connectivity index (χ0) is 14.5. The van der Waals surface area contributed by atoms with Crippen LogP contribution in [0.5, 0.6) is 5.75 Å². The minimum absolute atomic E-state index is 0.0708. The highest BCUT2D eigenvalue weighted by atomic mass is 32.2. The SMILES string of the molecule is CNc1c(CSc2cccc(O)c2)cccc1[N+](=O)[O-]. The summed E-state index contributed by atoms with van der Waals surface area (Å²) in [5.74, 6) is 0.796. The van der Waals surface area contributed by atoms with Crippen LogP contribution >= 0.6 is 11.8 Å². The number of rotatable bonds is 5. The molecule has 0 saturated heterocycles. The maximum Gasteiger partial charge on any atom is 0.292 e. The van der Waals surface area contributed by atoms with Crippen LogP contribution in [0.4, 0.5) is 11.4 Å². The predicted molar refractivity (Wildman–Crippen MR) is 80.3 cm³/mol. The van der Waals surface area contributed by atoms with E-state index in [-0.39, 0.29) is 11.4 Å². The monoisotopic (exact) mass is 290 g/mol. The van der Waals surface area contributed by atoms with Gasteiger partial charge in [-0.2, -0.15) is 0 Å². The molecule has 0 heterocycles. The zero-order valence-electron chi connectivity index (χ0n) is 10.9. The summed E-state index contributed by atoms with van der Waals surface area (Å²) >= 11 is 1.52. The fourth-order valence-corrected chi connectivity index (χ4v) is 2.82. The lowest BCUT2D eigenvalue weighted by atomic mass is 10.1. The number of phenolic OH excluding ortho intramolecular Hbond substituents is 1.